The number of aromatic nitrogens is 2. The molecule has 2 amide bonds. The molecule has 2 aromatic carbocycles. The van der Waals surface area contributed by atoms with Crippen LogP contribution in [0.15, 0.2) is 65.5 Å². The van der Waals surface area contributed by atoms with Gasteiger partial charge < -0.3 is 30.5 Å². The van der Waals surface area contributed by atoms with Crippen LogP contribution in [0.3, 0.4) is 0 Å². The Balaban J connectivity index is 0.000000229. The molecule has 10 nitrogen and oxygen atoms in total. The van der Waals surface area contributed by atoms with E-state index >= 15 is 0 Å². The minimum atomic E-state index is -5.02. The second-order valence-electron chi connectivity index (χ2n) is 10.2. The Labute approximate surface area is 241 Å². The predicted molar refractivity (Wildman–Crippen MR) is 146 cm³/mol. The second kappa shape index (κ2) is 10.8. The average molecular weight is 603 g/mol. The highest BCUT2D eigenvalue weighted by Gasteiger charge is 2.55. The molecule has 2 fully saturated rings. The van der Waals surface area contributed by atoms with Crippen molar-refractivity contribution >= 4 is 40.3 Å². The van der Waals surface area contributed by atoms with Crippen LogP contribution in [-0.2, 0) is 20.9 Å². The van der Waals surface area contributed by atoms with Crippen LogP contribution in [0.1, 0.15) is 31.2 Å². The summed E-state index contributed by atoms with van der Waals surface area (Å²) in [7, 11) is 0. The molecule has 2 heterocycles. The van der Waals surface area contributed by atoms with Crippen molar-refractivity contribution < 1.29 is 37.1 Å². The molecule has 0 aliphatic heterocycles. The highest BCUT2D eigenvalue weighted by Crippen LogP contribution is 2.40. The number of fused-ring (bicyclic) bond motifs is 1. The lowest BCUT2D eigenvalue weighted by atomic mass is 10.2. The molecule has 2 saturated carbocycles. The van der Waals surface area contributed by atoms with Crippen molar-refractivity contribution in [1.29, 1.82) is 0 Å². The molecule has 0 radical (unpaired) electrons. The number of aliphatic carboxylic acids is 1. The zero-order chi connectivity index (χ0) is 30.3. The molecule has 4 N–H and O–H groups in total. The van der Waals surface area contributed by atoms with E-state index in [1.807, 2.05) is 53.1 Å². The predicted octanol–water partition coefficient (Wildman–Crippen LogP) is 5.42. The number of oxazole rings is 1. The molecule has 42 heavy (non-hydrogen) atoms. The Bertz CT molecular complexity index is 1640. The number of amides is 2. The first-order valence-electron chi connectivity index (χ1n) is 12.8. The van der Waals surface area contributed by atoms with E-state index in [0.717, 1.165) is 27.8 Å². The summed E-state index contributed by atoms with van der Waals surface area (Å²) < 4.78 is 42.6. The van der Waals surface area contributed by atoms with Crippen LogP contribution in [0.5, 0.6) is 0 Å². The standard InChI is InChI=1S/C22H18ClN4O2.C6H6F3NO3/c23-19-16-3-1-2-4-17(16)27(20(19)18-12-25-13-29-18)15-7-5-14(6-8-15)11-26-21(28)22(24)9-10-22;7-6(8,9)3(11)10-5(1-2-5)4(12)13/h1-8,12-13,24H,9-11H2,(H,26,28);1-2H2,(H,10,11)(H,12,13)/q-1;. The summed E-state index contributed by atoms with van der Waals surface area (Å²) in [4.78, 5) is 36.7. The second-order valence-corrected chi connectivity index (χ2v) is 10.5. The summed E-state index contributed by atoms with van der Waals surface area (Å²) >= 11 is 6.69. The number of carboxylic acids is 1. The van der Waals surface area contributed by atoms with E-state index in [1.54, 1.807) is 6.20 Å². The van der Waals surface area contributed by atoms with Crippen molar-refractivity contribution in [2.24, 2.45) is 0 Å². The lowest BCUT2D eigenvalue weighted by Gasteiger charge is -2.17. The van der Waals surface area contributed by atoms with Crippen LogP contribution in [0, 0.1) is 0 Å². The molecule has 2 aliphatic carbocycles. The lowest BCUT2D eigenvalue weighted by molar-refractivity contribution is -0.176. The highest BCUT2D eigenvalue weighted by atomic mass is 35.5. The number of carbonyl (C=O) groups is 3. The van der Waals surface area contributed by atoms with Crippen molar-refractivity contribution in [3.63, 3.8) is 0 Å². The number of halogens is 4. The number of hydrogen-bond donors (Lipinski definition) is 3. The summed E-state index contributed by atoms with van der Waals surface area (Å²) in [6, 6.07) is 15.8. The number of rotatable bonds is 7. The van der Waals surface area contributed by atoms with Crippen LogP contribution >= 0.6 is 11.6 Å². The number of nitrogens with zero attached hydrogens (tertiary/aromatic N) is 2. The molecule has 2 aromatic heterocycles. The van der Waals surface area contributed by atoms with Gasteiger partial charge in [0, 0.05) is 17.6 Å². The maximum atomic E-state index is 12.0. The largest absolute Gasteiger partial charge is 0.664 e. The van der Waals surface area contributed by atoms with Crippen molar-refractivity contribution in [3.05, 3.63) is 77.4 Å². The molecule has 4 aromatic rings. The van der Waals surface area contributed by atoms with Gasteiger partial charge in [-0.15, -0.1) is 0 Å². The Morgan fingerprint density at radius 1 is 1.07 bits per heavy atom. The van der Waals surface area contributed by atoms with Crippen LogP contribution in [0.4, 0.5) is 13.2 Å². The Kier molecular flexibility index (Phi) is 7.50. The van der Waals surface area contributed by atoms with Gasteiger partial charge in [-0.1, -0.05) is 54.8 Å². The Morgan fingerprint density at radius 2 is 1.74 bits per heavy atom. The van der Waals surface area contributed by atoms with E-state index in [-0.39, 0.29) is 18.7 Å². The average Bonchev–Trinajstić information content (AvgIpc) is 3.82. The van der Waals surface area contributed by atoms with Gasteiger partial charge in [0.05, 0.1) is 16.7 Å². The summed E-state index contributed by atoms with van der Waals surface area (Å²) in [5.41, 5.74) is 8.91. The quantitative estimate of drug-likeness (QED) is 0.257. The van der Waals surface area contributed by atoms with Gasteiger partial charge in [-0.25, -0.2) is 9.78 Å². The van der Waals surface area contributed by atoms with Crippen LogP contribution in [0.2, 0.25) is 5.02 Å². The molecule has 0 bridgehead atoms. The van der Waals surface area contributed by atoms with Gasteiger partial charge in [-0.3, -0.25) is 9.59 Å². The van der Waals surface area contributed by atoms with Gasteiger partial charge >= 0.3 is 18.1 Å². The van der Waals surface area contributed by atoms with E-state index in [9.17, 15) is 27.6 Å². The topological polar surface area (TPSA) is 150 Å². The monoisotopic (exact) mass is 602 g/mol. The zero-order valence-electron chi connectivity index (χ0n) is 21.8. The molecule has 220 valence electrons. The van der Waals surface area contributed by atoms with Gasteiger partial charge in [-0.05, 0) is 42.1 Å². The van der Waals surface area contributed by atoms with E-state index in [1.165, 1.54) is 11.7 Å². The third-order valence-corrected chi connectivity index (χ3v) is 7.46. The number of benzene rings is 2. The summed E-state index contributed by atoms with van der Waals surface area (Å²) in [6.45, 7) is 0.405. The van der Waals surface area contributed by atoms with Crippen molar-refractivity contribution in [2.45, 2.75) is 49.5 Å². The molecule has 0 unspecified atom stereocenters. The first-order chi connectivity index (χ1) is 19.8. The first kappa shape index (κ1) is 29.1. The Hall–Kier alpha value is -4.36. The molecule has 14 heteroatoms. The molecule has 2 aliphatic rings. The summed E-state index contributed by atoms with van der Waals surface area (Å²) in [5, 5.41) is 14.3. The van der Waals surface area contributed by atoms with E-state index in [2.05, 4.69) is 10.3 Å². The Morgan fingerprint density at radius 3 is 2.29 bits per heavy atom. The maximum Gasteiger partial charge on any atom is 0.471 e. The lowest BCUT2D eigenvalue weighted by Crippen LogP contribution is -2.48. The number of nitrogens with one attached hydrogen (secondary N) is 3. The fraction of sp³-hybridized carbons (Fsp3) is 0.286. The maximum absolute atomic E-state index is 12.0. The minimum absolute atomic E-state index is 0.0458. The molecule has 0 atom stereocenters. The fourth-order valence-corrected chi connectivity index (χ4v) is 4.63. The molecular formula is C28H24ClF3N5O5-. The third-order valence-electron chi connectivity index (χ3n) is 7.08. The molecule has 6 rings (SSSR count). The molecule has 0 spiro atoms. The normalized spacial score (nSPS) is 16.2. The first-order valence-corrected chi connectivity index (χ1v) is 13.2. The van der Waals surface area contributed by atoms with Crippen LogP contribution in [0.25, 0.3) is 33.8 Å². The van der Waals surface area contributed by atoms with Gasteiger partial charge in [0.15, 0.2) is 12.2 Å². The van der Waals surface area contributed by atoms with Crippen molar-refractivity contribution in [3.8, 4) is 17.1 Å². The van der Waals surface area contributed by atoms with Gasteiger partial charge in [0.2, 0.25) is 5.91 Å². The van der Waals surface area contributed by atoms with Gasteiger partial charge in [0.1, 0.15) is 11.2 Å². The number of carboxylic acid groups (broad SMARTS) is 1. The fourth-order valence-electron chi connectivity index (χ4n) is 4.29. The van der Waals surface area contributed by atoms with E-state index in [0.29, 0.717) is 30.2 Å². The van der Waals surface area contributed by atoms with Crippen LogP contribution in [-0.4, -0.2) is 49.7 Å². The van der Waals surface area contributed by atoms with E-state index < -0.39 is 29.1 Å². The number of hydrogen-bond acceptors (Lipinski definition) is 5. The van der Waals surface area contributed by atoms with Crippen molar-refractivity contribution in [1.82, 2.24) is 20.2 Å². The SMILES string of the molecule is O=C(NC1(C(=O)O)CC1)C(F)(F)F.[NH-]C1(C(=O)NCc2ccc(-n3c(-c4cnco4)c(Cl)c4ccccc43)cc2)CC1. The summed E-state index contributed by atoms with van der Waals surface area (Å²) in [5.74, 6) is -3.23. The van der Waals surface area contributed by atoms with Crippen LogP contribution < -0.4 is 10.6 Å². The number of alkyl halides is 3. The smallest absolute Gasteiger partial charge is 0.471 e. The third kappa shape index (κ3) is 5.83. The molecular weight excluding hydrogens is 579 g/mol. The van der Waals surface area contributed by atoms with Crippen molar-refractivity contribution in [2.75, 3.05) is 0 Å². The summed E-state index contributed by atoms with van der Waals surface area (Å²) in [6.07, 6.45) is -0.611. The number of para-hydroxylation sites is 1. The minimum Gasteiger partial charge on any atom is -0.664 e. The van der Waals surface area contributed by atoms with Gasteiger partial charge in [-0.2, -0.15) is 13.2 Å². The zero-order valence-corrected chi connectivity index (χ0v) is 22.6. The van der Waals surface area contributed by atoms with E-state index in [4.69, 9.17) is 26.9 Å². The molecule has 0 saturated heterocycles. The van der Waals surface area contributed by atoms with Gasteiger partial charge in [0.25, 0.3) is 0 Å². The highest BCUT2D eigenvalue weighted by molar-refractivity contribution is 6.38. The number of carbonyl (C=O) groups excluding carboxylic acids is 2.